The molecule has 0 saturated carbocycles. The lowest BCUT2D eigenvalue weighted by molar-refractivity contribution is 0.418. The van der Waals surface area contributed by atoms with E-state index in [4.69, 9.17) is 0 Å². The molecule has 0 aromatic carbocycles. The highest BCUT2D eigenvalue weighted by Crippen LogP contribution is 2.24. The molecule has 0 amide bonds. The van der Waals surface area contributed by atoms with E-state index in [0.717, 1.165) is 37.2 Å². The van der Waals surface area contributed by atoms with Crippen LogP contribution in [0.4, 0.5) is 0 Å². The fourth-order valence-electron chi connectivity index (χ4n) is 2.08. The van der Waals surface area contributed by atoms with E-state index in [1.807, 2.05) is 19.9 Å². The first-order chi connectivity index (χ1) is 9.30. The van der Waals surface area contributed by atoms with Crippen molar-refractivity contribution in [3.8, 4) is 0 Å². The molecule has 0 atom stereocenters. The van der Waals surface area contributed by atoms with Crippen molar-refractivity contribution in [3.63, 3.8) is 0 Å². The zero-order valence-corrected chi connectivity index (χ0v) is 14.5. The second-order valence-corrected chi connectivity index (χ2v) is 8.71. The molecule has 0 bridgehead atoms. The molecule has 116 valence electrons. The van der Waals surface area contributed by atoms with Crippen LogP contribution < -0.4 is 10.0 Å². The normalized spacial score (nSPS) is 12.8. The summed E-state index contributed by atoms with van der Waals surface area (Å²) < 4.78 is 27.9. The summed E-state index contributed by atoms with van der Waals surface area (Å²) >= 11 is 1.34. The monoisotopic (exact) mass is 318 g/mol. The van der Waals surface area contributed by atoms with Gasteiger partial charge in [0, 0.05) is 17.0 Å². The van der Waals surface area contributed by atoms with Gasteiger partial charge in [0.2, 0.25) is 0 Å². The zero-order valence-electron chi connectivity index (χ0n) is 12.8. The molecule has 1 aromatic rings. The lowest BCUT2D eigenvalue weighted by Crippen LogP contribution is -2.42. The van der Waals surface area contributed by atoms with Crippen molar-refractivity contribution in [1.29, 1.82) is 0 Å². The van der Waals surface area contributed by atoms with Crippen LogP contribution in [0.15, 0.2) is 16.3 Å². The highest BCUT2D eigenvalue weighted by Gasteiger charge is 2.26. The van der Waals surface area contributed by atoms with Crippen LogP contribution in [0, 0.1) is 0 Å². The van der Waals surface area contributed by atoms with Crippen molar-refractivity contribution >= 4 is 21.4 Å². The summed E-state index contributed by atoms with van der Waals surface area (Å²) in [5.41, 5.74) is -0.405. The van der Waals surface area contributed by atoms with Crippen molar-refractivity contribution in [2.45, 2.75) is 63.3 Å². The van der Waals surface area contributed by atoms with Gasteiger partial charge in [-0.05, 0) is 45.4 Å². The summed E-state index contributed by atoms with van der Waals surface area (Å²) in [5, 5.41) is 3.28. The molecule has 0 radical (unpaired) electrons. The minimum Gasteiger partial charge on any atom is -0.312 e. The van der Waals surface area contributed by atoms with Crippen LogP contribution >= 0.6 is 11.3 Å². The Kier molecular flexibility index (Phi) is 6.64. The summed E-state index contributed by atoms with van der Waals surface area (Å²) in [4.78, 5) is 1.05. The number of nitrogens with one attached hydrogen (secondary N) is 2. The Morgan fingerprint density at radius 3 is 2.50 bits per heavy atom. The van der Waals surface area contributed by atoms with E-state index in [9.17, 15) is 8.42 Å². The molecule has 0 saturated heterocycles. The fraction of sp³-hybridized carbons (Fsp3) is 0.714. The summed E-state index contributed by atoms with van der Waals surface area (Å²) in [6, 6.07) is 3.58. The number of hydrogen-bond acceptors (Lipinski definition) is 4. The Morgan fingerprint density at radius 1 is 1.20 bits per heavy atom. The first-order valence-corrected chi connectivity index (χ1v) is 9.44. The lowest BCUT2D eigenvalue weighted by Gasteiger charge is -2.24. The van der Waals surface area contributed by atoms with Crippen LogP contribution in [0.25, 0.3) is 0 Å². The predicted molar refractivity (Wildman–Crippen MR) is 85.6 cm³/mol. The number of rotatable bonds is 9. The van der Waals surface area contributed by atoms with Gasteiger partial charge in [0.15, 0.2) is 0 Å². The van der Waals surface area contributed by atoms with Crippen LogP contribution in [0.2, 0.25) is 0 Å². The summed E-state index contributed by atoms with van der Waals surface area (Å²) in [7, 11) is -3.41. The third-order valence-corrected chi connectivity index (χ3v) is 6.19. The SMILES string of the molecule is CCCNCc1ccc(S(=O)(=O)NC(C)(C)CCC)s1. The smallest absolute Gasteiger partial charge is 0.250 e. The highest BCUT2D eigenvalue weighted by molar-refractivity contribution is 7.91. The van der Waals surface area contributed by atoms with Gasteiger partial charge >= 0.3 is 0 Å². The van der Waals surface area contributed by atoms with Gasteiger partial charge in [-0.1, -0.05) is 20.3 Å². The van der Waals surface area contributed by atoms with Gasteiger partial charge in [0.1, 0.15) is 4.21 Å². The lowest BCUT2D eigenvalue weighted by atomic mass is 10.0. The number of sulfonamides is 1. The van der Waals surface area contributed by atoms with Crippen LogP contribution in [-0.2, 0) is 16.6 Å². The van der Waals surface area contributed by atoms with E-state index in [0.29, 0.717) is 4.21 Å². The minimum absolute atomic E-state index is 0.398. The average molecular weight is 319 g/mol. The molecule has 0 unspecified atom stereocenters. The summed E-state index contributed by atoms with van der Waals surface area (Å²) in [6.45, 7) is 9.68. The maximum absolute atomic E-state index is 12.3. The first-order valence-electron chi connectivity index (χ1n) is 7.14. The molecule has 1 aromatic heterocycles. The van der Waals surface area contributed by atoms with Gasteiger partial charge in [-0.25, -0.2) is 13.1 Å². The van der Waals surface area contributed by atoms with Gasteiger partial charge in [-0.3, -0.25) is 0 Å². The third kappa shape index (κ3) is 5.52. The van der Waals surface area contributed by atoms with Crippen molar-refractivity contribution in [2.75, 3.05) is 6.54 Å². The Bertz CT molecular complexity index is 507. The molecule has 4 nitrogen and oxygen atoms in total. The molecular formula is C14H26N2O2S2. The molecule has 0 aliphatic carbocycles. The Hall–Kier alpha value is -0.430. The van der Waals surface area contributed by atoms with E-state index in [1.54, 1.807) is 6.07 Å². The fourth-order valence-corrected chi connectivity index (χ4v) is 4.84. The minimum atomic E-state index is -3.41. The molecule has 0 aliphatic rings. The molecule has 1 heterocycles. The molecule has 0 fully saturated rings. The van der Waals surface area contributed by atoms with Gasteiger partial charge in [-0.15, -0.1) is 11.3 Å². The topological polar surface area (TPSA) is 58.2 Å². The largest absolute Gasteiger partial charge is 0.312 e. The van der Waals surface area contributed by atoms with Crippen LogP contribution in [-0.4, -0.2) is 20.5 Å². The van der Waals surface area contributed by atoms with E-state index in [2.05, 4.69) is 23.9 Å². The van der Waals surface area contributed by atoms with Crippen LogP contribution in [0.3, 0.4) is 0 Å². The third-order valence-electron chi connectivity index (χ3n) is 2.91. The maximum atomic E-state index is 12.3. The first kappa shape index (κ1) is 17.6. The molecule has 6 heteroatoms. The second kappa shape index (κ2) is 7.54. The number of thiophene rings is 1. The maximum Gasteiger partial charge on any atom is 0.250 e. The average Bonchev–Trinajstić information content (AvgIpc) is 2.77. The Balaban J connectivity index is 2.73. The highest BCUT2D eigenvalue weighted by atomic mass is 32.2. The second-order valence-electron chi connectivity index (χ2n) is 5.64. The van der Waals surface area contributed by atoms with Crippen molar-refractivity contribution < 1.29 is 8.42 Å². The van der Waals surface area contributed by atoms with Crippen molar-refractivity contribution in [1.82, 2.24) is 10.0 Å². The standard InChI is InChI=1S/C14H26N2O2S2/c1-5-9-14(3,4)16-20(17,18)13-8-7-12(19-13)11-15-10-6-2/h7-8,15-16H,5-6,9-11H2,1-4H3. The zero-order chi connectivity index (χ0) is 15.2. The van der Waals surface area contributed by atoms with E-state index in [-0.39, 0.29) is 0 Å². The molecule has 20 heavy (non-hydrogen) atoms. The molecule has 1 rings (SSSR count). The van der Waals surface area contributed by atoms with E-state index >= 15 is 0 Å². The molecule has 0 spiro atoms. The van der Waals surface area contributed by atoms with Crippen molar-refractivity contribution in [3.05, 3.63) is 17.0 Å². The van der Waals surface area contributed by atoms with Gasteiger partial charge in [-0.2, -0.15) is 0 Å². The molecule has 0 aliphatic heterocycles. The Labute approximate surface area is 127 Å². The van der Waals surface area contributed by atoms with E-state index < -0.39 is 15.6 Å². The van der Waals surface area contributed by atoms with Gasteiger partial charge in [0.25, 0.3) is 10.0 Å². The molecule has 2 N–H and O–H groups in total. The van der Waals surface area contributed by atoms with Gasteiger partial charge < -0.3 is 5.32 Å². The quantitative estimate of drug-likeness (QED) is 0.688. The number of hydrogen-bond donors (Lipinski definition) is 2. The van der Waals surface area contributed by atoms with E-state index in [1.165, 1.54) is 11.3 Å². The van der Waals surface area contributed by atoms with Crippen LogP contribution in [0.5, 0.6) is 0 Å². The van der Waals surface area contributed by atoms with Crippen LogP contribution in [0.1, 0.15) is 51.8 Å². The Morgan fingerprint density at radius 2 is 1.90 bits per heavy atom. The summed E-state index contributed by atoms with van der Waals surface area (Å²) in [6.07, 6.45) is 2.85. The molecular weight excluding hydrogens is 292 g/mol. The van der Waals surface area contributed by atoms with Crippen molar-refractivity contribution in [2.24, 2.45) is 0 Å². The van der Waals surface area contributed by atoms with Gasteiger partial charge in [0.05, 0.1) is 0 Å². The summed E-state index contributed by atoms with van der Waals surface area (Å²) in [5.74, 6) is 0. The predicted octanol–water partition coefficient (Wildman–Crippen LogP) is 3.10.